The van der Waals surface area contributed by atoms with Crippen molar-refractivity contribution in [1.29, 1.82) is 0 Å². The molecule has 0 fully saturated rings. The minimum Gasteiger partial charge on any atom is -0.496 e. The molecule has 0 saturated heterocycles. The van der Waals surface area contributed by atoms with E-state index in [2.05, 4.69) is 18.2 Å². The van der Waals surface area contributed by atoms with Gasteiger partial charge in [0.05, 0.1) is 28.4 Å². The molecule has 0 heterocycles. The molecule has 0 bridgehead atoms. The van der Waals surface area contributed by atoms with Crippen LogP contribution in [0.1, 0.15) is 28.7 Å². The Hall–Kier alpha value is -2.66. The van der Waals surface area contributed by atoms with Crippen molar-refractivity contribution in [2.45, 2.75) is 25.8 Å². The van der Waals surface area contributed by atoms with Crippen molar-refractivity contribution in [1.82, 2.24) is 0 Å². The van der Waals surface area contributed by atoms with Gasteiger partial charge in [-0.2, -0.15) is 0 Å². The Morgan fingerprint density at radius 3 is 2.19 bits per heavy atom. The normalized spacial score (nSPS) is 16.1. The molecule has 0 aliphatic heterocycles. The fourth-order valence-corrected chi connectivity index (χ4v) is 3.70. The molecule has 0 amide bonds. The highest BCUT2D eigenvalue weighted by Gasteiger charge is 2.25. The van der Waals surface area contributed by atoms with Crippen LogP contribution < -0.4 is 24.7 Å². The molecule has 144 valence electrons. The second kappa shape index (κ2) is 7.92. The lowest BCUT2D eigenvalue weighted by atomic mass is 9.91. The van der Waals surface area contributed by atoms with Gasteiger partial charge in [0.2, 0.25) is 5.75 Å². The Morgan fingerprint density at radius 1 is 0.889 bits per heavy atom. The van der Waals surface area contributed by atoms with Gasteiger partial charge in [0.1, 0.15) is 5.75 Å². The lowest BCUT2D eigenvalue weighted by Crippen LogP contribution is -2.16. The lowest BCUT2D eigenvalue weighted by Gasteiger charge is -2.20. The molecule has 1 aliphatic rings. The molecule has 0 unspecified atom stereocenters. The van der Waals surface area contributed by atoms with Crippen molar-refractivity contribution < 1.29 is 18.9 Å². The first-order valence-corrected chi connectivity index (χ1v) is 8.98. The number of rotatable bonds is 5. The number of methoxy groups -OCH3 is 4. The first kappa shape index (κ1) is 19.1. The van der Waals surface area contributed by atoms with Gasteiger partial charge in [-0.1, -0.05) is 12.1 Å². The number of aryl methyl sites for hydroxylation is 1. The van der Waals surface area contributed by atoms with Gasteiger partial charge in [0, 0.05) is 11.6 Å². The third-order valence-electron chi connectivity index (χ3n) is 5.04. The lowest BCUT2D eigenvalue weighted by molar-refractivity contribution is 0.322. The Balaban J connectivity index is 2.26. The molecule has 0 radical (unpaired) electrons. The summed E-state index contributed by atoms with van der Waals surface area (Å²) in [6.07, 6.45) is 3.76. The molecule has 27 heavy (non-hydrogen) atoms. The van der Waals surface area contributed by atoms with E-state index >= 15 is 0 Å². The summed E-state index contributed by atoms with van der Waals surface area (Å²) in [5.41, 5.74) is 11.7. The van der Waals surface area contributed by atoms with Gasteiger partial charge in [0.25, 0.3) is 0 Å². The molecule has 5 heteroatoms. The van der Waals surface area contributed by atoms with Crippen molar-refractivity contribution in [3.05, 3.63) is 52.6 Å². The zero-order valence-electron chi connectivity index (χ0n) is 16.6. The molecule has 2 aromatic carbocycles. The van der Waals surface area contributed by atoms with Gasteiger partial charge in [-0.25, -0.2) is 0 Å². The van der Waals surface area contributed by atoms with E-state index in [4.69, 9.17) is 24.7 Å². The van der Waals surface area contributed by atoms with Crippen LogP contribution in [0.25, 0.3) is 5.57 Å². The highest BCUT2D eigenvalue weighted by Crippen LogP contribution is 2.46. The quantitative estimate of drug-likeness (QED) is 0.870. The van der Waals surface area contributed by atoms with Gasteiger partial charge >= 0.3 is 0 Å². The number of benzene rings is 2. The standard InChI is InChI=1S/C22H27NO4/c1-13-10-14(6-9-19(13)24-2)17-11-15(23)7-8-16-18(17)12-20(25-3)22(27-5)21(16)26-4/h6,9-12,15H,7-8,23H2,1-5H3/t15-/m1/s1. The molecule has 0 saturated carbocycles. The highest BCUT2D eigenvalue weighted by molar-refractivity contribution is 5.85. The summed E-state index contributed by atoms with van der Waals surface area (Å²) < 4.78 is 22.3. The predicted octanol–water partition coefficient (Wildman–Crippen LogP) is 3.73. The number of fused-ring (bicyclic) bond motifs is 1. The van der Waals surface area contributed by atoms with Gasteiger partial charge in [0.15, 0.2) is 11.5 Å². The second-order valence-corrected chi connectivity index (χ2v) is 6.64. The average molecular weight is 369 g/mol. The molecule has 5 nitrogen and oxygen atoms in total. The van der Waals surface area contributed by atoms with Crippen LogP contribution in [0, 0.1) is 6.92 Å². The number of ether oxygens (including phenoxy) is 4. The Labute approximate surface area is 160 Å². The number of hydrogen-bond donors (Lipinski definition) is 1. The first-order chi connectivity index (χ1) is 13.0. The zero-order chi connectivity index (χ0) is 19.6. The number of hydrogen-bond acceptors (Lipinski definition) is 5. The second-order valence-electron chi connectivity index (χ2n) is 6.64. The van der Waals surface area contributed by atoms with Crippen LogP contribution in [-0.4, -0.2) is 34.5 Å². The number of nitrogens with two attached hydrogens (primary N) is 1. The SMILES string of the molecule is COc1ccc(C2=C[C@H](N)CCc3c2cc(OC)c(OC)c3OC)cc1C. The van der Waals surface area contributed by atoms with Crippen LogP contribution in [0.2, 0.25) is 0 Å². The molecular formula is C22H27NO4. The predicted molar refractivity (Wildman–Crippen MR) is 107 cm³/mol. The van der Waals surface area contributed by atoms with Crippen LogP contribution in [-0.2, 0) is 6.42 Å². The molecule has 0 aromatic heterocycles. The van der Waals surface area contributed by atoms with Crippen molar-refractivity contribution in [2.24, 2.45) is 5.73 Å². The fraction of sp³-hybridized carbons (Fsp3) is 0.364. The smallest absolute Gasteiger partial charge is 0.203 e. The van der Waals surface area contributed by atoms with Gasteiger partial charge in [-0.3, -0.25) is 0 Å². The highest BCUT2D eigenvalue weighted by atomic mass is 16.5. The van der Waals surface area contributed by atoms with Crippen molar-refractivity contribution in [2.75, 3.05) is 28.4 Å². The van der Waals surface area contributed by atoms with Gasteiger partial charge in [-0.15, -0.1) is 0 Å². The summed E-state index contributed by atoms with van der Waals surface area (Å²) in [7, 11) is 6.59. The molecule has 2 aromatic rings. The maximum absolute atomic E-state index is 6.36. The van der Waals surface area contributed by atoms with Crippen molar-refractivity contribution >= 4 is 5.57 Å². The fourth-order valence-electron chi connectivity index (χ4n) is 3.70. The van der Waals surface area contributed by atoms with Gasteiger partial charge in [-0.05, 0) is 60.2 Å². The molecule has 2 N–H and O–H groups in total. The topological polar surface area (TPSA) is 62.9 Å². The summed E-state index contributed by atoms with van der Waals surface area (Å²) in [5.74, 6) is 2.82. The first-order valence-electron chi connectivity index (χ1n) is 8.98. The van der Waals surface area contributed by atoms with Crippen LogP contribution in [0.4, 0.5) is 0 Å². The Morgan fingerprint density at radius 2 is 1.59 bits per heavy atom. The van der Waals surface area contributed by atoms with Gasteiger partial charge < -0.3 is 24.7 Å². The monoisotopic (exact) mass is 369 g/mol. The summed E-state index contributed by atoms with van der Waals surface area (Å²) in [4.78, 5) is 0. The molecule has 1 aliphatic carbocycles. The summed E-state index contributed by atoms with van der Waals surface area (Å²) in [5, 5.41) is 0. The molecule has 3 rings (SSSR count). The largest absolute Gasteiger partial charge is 0.496 e. The average Bonchev–Trinajstić information content (AvgIpc) is 2.85. The van der Waals surface area contributed by atoms with Crippen molar-refractivity contribution in [3.63, 3.8) is 0 Å². The van der Waals surface area contributed by atoms with E-state index in [1.165, 1.54) is 0 Å². The van der Waals surface area contributed by atoms with E-state index in [0.29, 0.717) is 17.2 Å². The maximum Gasteiger partial charge on any atom is 0.203 e. The van der Waals surface area contributed by atoms with Crippen LogP contribution in [0.3, 0.4) is 0 Å². The Bertz CT molecular complexity index is 873. The zero-order valence-corrected chi connectivity index (χ0v) is 16.6. The van der Waals surface area contributed by atoms with Crippen molar-refractivity contribution in [3.8, 4) is 23.0 Å². The van der Waals surface area contributed by atoms with E-state index in [1.54, 1.807) is 28.4 Å². The molecular weight excluding hydrogens is 342 g/mol. The summed E-state index contributed by atoms with van der Waals surface area (Å²) in [6.45, 7) is 2.04. The third kappa shape index (κ3) is 3.47. The van der Waals surface area contributed by atoms with E-state index in [0.717, 1.165) is 46.4 Å². The van der Waals surface area contributed by atoms with E-state index in [9.17, 15) is 0 Å². The van der Waals surface area contributed by atoms with Crippen LogP contribution in [0.5, 0.6) is 23.0 Å². The van der Waals surface area contributed by atoms with E-state index < -0.39 is 0 Å². The minimum absolute atomic E-state index is 0.0449. The molecule has 0 spiro atoms. The van der Waals surface area contributed by atoms with Crippen LogP contribution >= 0.6 is 0 Å². The summed E-state index contributed by atoms with van der Waals surface area (Å²) >= 11 is 0. The molecule has 1 atom stereocenters. The maximum atomic E-state index is 6.36. The summed E-state index contributed by atoms with van der Waals surface area (Å²) in [6, 6.07) is 8.13. The minimum atomic E-state index is -0.0449. The van der Waals surface area contributed by atoms with Crippen LogP contribution in [0.15, 0.2) is 30.3 Å². The third-order valence-corrected chi connectivity index (χ3v) is 5.04. The van der Waals surface area contributed by atoms with E-state index in [-0.39, 0.29) is 6.04 Å². The van der Waals surface area contributed by atoms with E-state index in [1.807, 2.05) is 19.1 Å². The Kier molecular flexibility index (Phi) is 5.61.